The van der Waals surface area contributed by atoms with Crippen LogP contribution in [0.3, 0.4) is 0 Å². The molecule has 0 unspecified atom stereocenters. The molecular weight excluding hydrogens is 344 g/mol. The van der Waals surface area contributed by atoms with Gasteiger partial charge in [-0.3, -0.25) is 13.9 Å². The van der Waals surface area contributed by atoms with E-state index in [1.54, 1.807) is 25.1 Å². The Morgan fingerprint density at radius 3 is 2.48 bits per heavy atom. The molecule has 2 rings (SSSR count). The lowest BCUT2D eigenvalue weighted by molar-refractivity contribution is 0.520. The summed E-state index contributed by atoms with van der Waals surface area (Å²) in [5.41, 5.74) is -0.913. The van der Waals surface area contributed by atoms with Crippen LogP contribution in [0.1, 0.15) is 18.1 Å². The molecule has 132 valence electrons. The van der Waals surface area contributed by atoms with Gasteiger partial charge in [0.15, 0.2) is 0 Å². The fourth-order valence-corrected chi connectivity index (χ4v) is 3.27. The minimum absolute atomic E-state index is 0.0651. The highest BCUT2D eigenvalue weighted by Gasteiger charge is 2.18. The predicted octanol–water partition coefficient (Wildman–Crippen LogP) is 0.200. The van der Waals surface area contributed by atoms with E-state index in [0.717, 1.165) is 8.87 Å². The topological polar surface area (TPSA) is 105 Å². The lowest BCUT2D eigenvalue weighted by Crippen LogP contribution is -2.40. The van der Waals surface area contributed by atoms with Gasteiger partial charge in [0.25, 0.3) is 5.56 Å². The normalized spacial score (nSPS) is 11.5. The van der Waals surface area contributed by atoms with E-state index in [2.05, 4.69) is 0 Å². The van der Waals surface area contributed by atoms with Gasteiger partial charge in [0.2, 0.25) is 10.0 Å². The Balaban J connectivity index is 2.58. The molecule has 0 aliphatic carbocycles. The van der Waals surface area contributed by atoms with Crippen LogP contribution in [-0.4, -0.2) is 36.0 Å². The molecule has 0 radical (unpaired) electrons. The van der Waals surface area contributed by atoms with Gasteiger partial charge in [0.1, 0.15) is 11.6 Å². The summed E-state index contributed by atoms with van der Waals surface area (Å²) in [7, 11) is -0.788. The summed E-state index contributed by atoms with van der Waals surface area (Å²) in [6.07, 6.45) is 1.23. The Hall–Kier alpha value is -2.70. The van der Waals surface area contributed by atoms with E-state index in [1.165, 1.54) is 37.0 Å². The Morgan fingerprint density at radius 2 is 1.92 bits per heavy atom. The molecule has 9 heteroatoms. The molecule has 0 saturated carbocycles. The average molecular weight is 362 g/mol. The van der Waals surface area contributed by atoms with Crippen molar-refractivity contribution in [1.29, 1.82) is 5.26 Å². The summed E-state index contributed by atoms with van der Waals surface area (Å²) < 4.78 is 27.7. The van der Waals surface area contributed by atoms with Gasteiger partial charge in [-0.1, -0.05) is 12.1 Å². The quantitative estimate of drug-likeness (QED) is 0.755. The second kappa shape index (κ2) is 7.04. The van der Waals surface area contributed by atoms with Crippen molar-refractivity contribution in [2.45, 2.75) is 24.9 Å². The van der Waals surface area contributed by atoms with E-state index in [1.807, 2.05) is 0 Å². The molecular formula is C16H18N4O4S. The van der Waals surface area contributed by atoms with Crippen LogP contribution in [0.2, 0.25) is 0 Å². The lowest BCUT2D eigenvalue weighted by atomic mass is 10.2. The van der Waals surface area contributed by atoms with Gasteiger partial charge >= 0.3 is 5.69 Å². The van der Waals surface area contributed by atoms with Crippen LogP contribution in [0, 0.1) is 11.3 Å². The van der Waals surface area contributed by atoms with E-state index in [0.29, 0.717) is 12.1 Å². The number of nitrogens with zero attached hydrogens (tertiary/aromatic N) is 4. The highest BCUT2D eigenvalue weighted by atomic mass is 32.2. The Morgan fingerprint density at radius 1 is 1.24 bits per heavy atom. The molecule has 0 atom stereocenters. The summed E-state index contributed by atoms with van der Waals surface area (Å²) in [6.45, 7) is 1.91. The minimum atomic E-state index is -3.63. The largest absolute Gasteiger partial charge is 0.331 e. The molecule has 0 spiro atoms. The molecule has 0 bridgehead atoms. The molecule has 0 saturated heterocycles. The van der Waals surface area contributed by atoms with Crippen molar-refractivity contribution in [1.82, 2.24) is 13.4 Å². The van der Waals surface area contributed by atoms with Crippen molar-refractivity contribution in [2.24, 2.45) is 0 Å². The first-order valence-electron chi connectivity index (χ1n) is 7.48. The molecule has 1 aromatic carbocycles. The highest BCUT2D eigenvalue weighted by Crippen LogP contribution is 2.15. The predicted molar refractivity (Wildman–Crippen MR) is 91.8 cm³/mol. The smallest absolute Gasteiger partial charge is 0.299 e. The van der Waals surface area contributed by atoms with Gasteiger partial charge in [-0.2, -0.15) is 5.26 Å². The maximum atomic E-state index is 12.4. The summed E-state index contributed by atoms with van der Waals surface area (Å²) in [5.74, 6) is 0. The van der Waals surface area contributed by atoms with Crippen LogP contribution in [-0.2, 0) is 23.1 Å². The monoisotopic (exact) mass is 362 g/mol. The van der Waals surface area contributed by atoms with Crippen molar-refractivity contribution < 1.29 is 8.42 Å². The molecule has 0 aliphatic heterocycles. The van der Waals surface area contributed by atoms with E-state index >= 15 is 0 Å². The van der Waals surface area contributed by atoms with Crippen molar-refractivity contribution in [3.63, 3.8) is 0 Å². The number of sulfonamides is 1. The van der Waals surface area contributed by atoms with Crippen LogP contribution >= 0.6 is 0 Å². The van der Waals surface area contributed by atoms with Crippen LogP contribution < -0.4 is 11.2 Å². The summed E-state index contributed by atoms with van der Waals surface area (Å²) in [5, 5.41) is 9.07. The van der Waals surface area contributed by atoms with E-state index in [4.69, 9.17) is 5.26 Å². The maximum absolute atomic E-state index is 12.4. The zero-order valence-electron chi connectivity index (χ0n) is 14.1. The van der Waals surface area contributed by atoms with Crippen LogP contribution in [0.4, 0.5) is 0 Å². The molecule has 1 aromatic heterocycles. The third-order valence-electron chi connectivity index (χ3n) is 3.72. The molecule has 1 heterocycles. The molecule has 2 aromatic rings. The van der Waals surface area contributed by atoms with Crippen molar-refractivity contribution in [3.05, 3.63) is 62.4 Å². The molecule has 0 fully saturated rings. The fraction of sp³-hybridized carbons (Fsp3) is 0.312. The summed E-state index contributed by atoms with van der Waals surface area (Å²) in [4.78, 5) is 24.7. The highest BCUT2D eigenvalue weighted by molar-refractivity contribution is 7.89. The summed E-state index contributed by atoms with van der Waals surface area (Å²) in [6, 6.07) is 7.80. The molecule has 0 aliphatic rings. The first-order chi connectivity index (χ1) is 11.7. The SMILES string of the molecule is CCn1cc(C#N)c(=O)n(Cc2cccc(S(=O)(=O)N(C)C)c2)c1=O. The minimum Gasteiger partial charge on any atom is -0.299 e. The Labute approximate surface area is 145 Å². The Bertz CT molecular complexity index is 1060. The molecule has 25 heavy (non-hydrogen) atoms. The van der Waals surface area contributed by atoms with Gasteiger partial charge < -0.3 is 0 Å². The zero-order chi connectivity index (χ0) is 18.8. The first kappa shape index (κ1) is 18.6. The van der Waals surface area contributed by atoms with Crippen LogP contribution in [0.5, 0.6) is 0 Å². The molecule has 8 nitrogen and oxygen atoms in total. The van der Waals surface area contributed by atoms with Crippen molar-refractivity contribution >= 4 is 10.0 Å². The number of benzene rings is 1. The standard InChI is InChI=1S/C16H18N4O4S/c1-4-19-11-13(9-17)15(21)20(16(19)22)10-12-6-5-7-14(8-12)25(23,24)18(2)3/h5-8,11H,4,10H2,1-3H3. The number of rotatable bonds is 5. The zero-order valence-corrected chi connectivity index (χ0v) is 14.9. The Kier molecular flexibility index (Phi) is 5.25. The van der Waals surface area contributed by atoms with Gasteiger partial charge in [0.05, 0.1) is 11.4 Å². The number of aromatic nitrogens is 2. The van der Waals surface area contributed by atoms with Crippen molar-refractivity contribution in [2.75, 3.05) is 14.1 Å². The molecule has 0 amide bonds. The number of hydrogen-bond donors (Lipinski definition) is 0. The molecule has 0 N–H and O–H groups in total. The van der Waals surface area contributed by atoms with Gasteiger partial charge in [-0.05, 0) is 24.6 Å². The van der Waals surface area contributed by atoms with E-state index < -0.39 is 21.3 Å². The number of hydrogen-bond acceptors (Lipinski definition) is 5. The van der Waals surface area contributed by atoms with Crippen LogP contribution in [0.15, 0.2) is 44.9 Å². The fourth-order valence-electron chi connectivity index (χ4n) is 2.29. The summed E-state index contributed by atoms with van der Waals surface area (Å²) >= 11 is 0. The van der Waals surface area contributed by atoms with E-state index in [9.17, 15) is 18.0 Å². The second-order valence-electron chi connectivity index (χ2n) is 5.55. The third-order valence-corrected chi connectivity index (χ3v) is 5.53. The average Bonchev–Trinajstić information content (AvgIpc) is 2.59. The number of nitriles is 1. The third kappa shape index (κ3) is 3.55. The number of aryl methyl sites for hydroxylation is 1. The maximum Gasteiger partial charge on any atom is 0.331 e. The van der Waals surface area contributed by atoms with Crippen LogP contribution in [0.25, 0.3) is 0 Å². The second-order valence-corrected chi connectivity index (χ2v) is 7.70. The van der Waals surface area contributed by atoms with Gasteiger partial charge in [-0.15, -0.1) is 0 Å². The van der Waals surface area contributed by atoms with Crippen molar-refractivity contribution in [3.8, 4) is 6.07 Å². The van der Waals surface area contributed by atoms with Gasteiger partial charge in [-0.25, -0.2) is 17.5 Å². The van der Waals surface area contributed by atoms with Gasteiger partial charge in [0, 0.05) is 26.8 Å². The lowest BCUT2D eigenvalue weighted by Gasteiger charge is -2.13. The first-order valence-corrected chi connectivity index (χ1v) is 8.92. The van der Waals surface area contributed by atoms with E-state index in [-0.39, 0.29) is 17.0 Å².